The van der Waals surface area contributed by atoms with E-state index in [2.05, 4.69) is 15.6 Å². The van der Waals surface area contributed by atoms with Gasteiger partial charge in [0.15, 0.2) is 0 Å². The Kier molecular flexibility index (Phi) is 3.57. The molecule has 0 radical (unpaired) electrons. The van der Waals surface area contributed by atoms with Gasteiger partial charge in [-0.2, -0.15) is 13.2 Å². The predicted molar refractivity (Wildman–Crippen MR) is 63.8 cm³/mol. The molecule has 2 rings (SSSR count). The fourth-order valence-corrected chi connectivity index (χ4v) is 1.55. The Morgan fingerprint density at radius 3 is 2.37 bits per heavy atom. The van der Waals surface area contributed by atoms with Crippen molar-refractivity contribution in [3.63, 3.8) is 0 Å². The highest BCUT2D eigenvalue weighted by molar-refractivity contribution is 5.35. The van der Waals surface area contributed by atoms with Crippen molar-refractivity contribution in [3.05, 3.63) is 41.7 Å². The lowest BCUT2D eigenvalue weighted by Gasteiger charge is -2.07. The Morgan fingerprint density at radius 2 is 1.84 bits per heavy atom. The summed E-state index contributed by atoms with van der Waals surface area (Å²) in [5.74, 6) is 0. The Morgan fingerprint density at radius 1 is 1.21 bits per heavy atom. The molecule has 0 aliphatic heterocycles. The first-order valence-electron chi connectivity index (χ1n) is 5.69. The number of aromatic nitrogens is 3. The Labute approximate surface area is 108 Å². The molecule has 1 atom stereocenters. The van der Waals surface area contributed by atoms with E-state index in [1.807, 2.05) is 6.92 Å². The topological polar surface area (TPSA) is 42.7 Å². The van der Waals surface area contributed by atoms with Crippen LogP contribution in [0, 0.1) is 0 Å². The molecule has 0 fully saturated rings. The minimum absolute atomic E-state index is 0.0307. The van der Waals surface area contributed by atoms with Gasteiger partial charge in [0, 0.05) is 6.04 Å². The highest BCUT2D eigenvalue weighted by Crippen LogP contribution is 2.29. The van der Waals surface area contributed by atoms with Crippen LogP contribution in [0.3, 0.4) is 0 Å². The Bertz CT molecular complexity index is 545. The molecule has 1 heterocycles. The molecule has 102 valence electrons. The summed E-state index contributed by atoms with van der Waals surface area (Å²) in [7, 11) is 1.79. The molecule has 1 unspecified atom stereocenters. The lowest BCUT2D eigenvalue weighted by Crippen LogP contribution is -2.12. The zero-order valence-corrected chi connectivity index (χ0v) is 10.4. The highest BCUT2D eigenvalue weighted by atomic mass is 19.4. The molecule has 1 aromatic heterocycles. The second kappa shape index (κ2) is 5.00. The zero-order chi connectivity index (χ0) is 14.0. The number of nitrogens with one attached hydrogen (secondary N) is 1. The van der Waals surface area contributed by atoms with E-state index < -0.39 is 11.7 Å². The third kappa shape index (κ3) is 2.93. The normalized spacial score (nSPS) is 13.5. The first kappa shape index (κ1) is 13.5. The van der Waals surface area contributed by atoms with E-state index in [4.69, 9.17) is 0 Å². The van der Waals surface area contributed by atoms with Crippen molar-refractivity contribution in [2.45, 2.75) is 19.1 Å². The van der Waals surface area contributed by atoms with Crippen LogP contribution in [0.5, 0.6) is 0 Å². The van der Waals surface area contributed by atoms with Gasteiger partial charge in [0.05, 0.1) is 23.1 Å². The van der Waals surface area contributed by atoms with E-state index >= 15 is 0 Å². The average Bonchev–Trinajstić information content (AvgIpc) is 2.86. The Hall–Kier alpha value is -1.89. The fraction of sp³-hybridized carbons (Fsp3) is 0.333. The van der Waals surface area contributed by atoms with Crippen LogP contribution in [0.25, 0.3) is 5.69 Å². The van der Waals surface area contributed by atoms with Crippen molar-refractivity contribution in [1.82, 2.24) is 20.3 Å². The molecule has 0 saturated heterocycles. The molecule has 1 aromatic carbocycles. The molecule has 0 bridgehead atoms. The maximum Gasteiger partial charge on any atom is 0.416 e. The molecule has 1 N–H and O–H groups in total. The van der Waals surface area contributed by atoms with Gasteiger partial charge in [0.25, 0.3) is 0 Å². The van der Waals surface area contributed by atoms with E-state index in [9.17, 15) is 13.2 Å². The maximum atomic E-state index is 12.4. The monoisotopic (exact) mass is 270 g/mol. The van der Waals surface area contributed by atoms with Gasteiger partial charge in [0.1, 0.15) is 0 Å². The SMILES string of the molecule is CNC(C)c1cn(-c2ccc(C(F)(F)F)cc2)nn1. The van der Waals surface area contributed by atoms with Gasteiger partial charge in [-0.05, 0) is 38.2 Å². The quantitative estimate of drug-likeness (QED) is 0.932. The van der Waals surface area contributed by atoms with Crippen molar-refractivity contribution in [3.8, 4) is 5.69 Å². The molecular weight excluding hydrogens is 257 g/mol. The molecule has 7 heteroatoms. The van der Waals surface area contributed by atoms with Crippen molar-refractivity contribution in [2.24, 2.45) is 0 Å². The van der Waals surface area contributed by atoms with Gasteiger partial charge in [0.2, 0.25) is 0 Å². The van der Waals surface area contributed by atoms with Crippen LogP contribution in [0.1, 0.15) is 24.2 Å². The van der Waals surface area contributed by atoms with Crippen LogP contribution >= 0.6 is 0 Å². The van der Waals surface area contributed by atoms with Crippen LogP contribution in [-0.2, 0) is 6.18 Å². The first-order chi connectivity index (χ1) is 8.91. The second-order valence-electron chi connectivity index (χ2n) is 4.14. The van der Waals surface area contributed by atoms with Crippen LogP contribution < -0.4 is 5.32 Å². The van der Waals surface area contributed by atoms with Gasteiger partial charge < -0.3 is 5.32 Å². The number of halogens is 3. The van der Waals surface area contributed by atoms with Gasteiger partial charge in [-0.25, -0.2) is 4.68 Å². The van der Waals surface area contributed by atoms with Crippen molar-refractivity contribution < 1.29 is 13.2 Å². The standard InChI is InChI=1S/C12H13F3N4/c1-8(16-2)11-7-19(18-17-11)10-5-3-9(4-6-10)12(13,14)15/h3-8,16H,1-2H3. The van der Waals surface area contributed by atoms with Gasteiger partial charge >= 0.3 is 6.18 Å². The minimum Gasteiger partial charge on any atom is -0.312 e. The lowest BCUT2D eigenvalue weighted by molar-refractivity contribution is -0.137. The van der Waals surface area contributed by atoms with Crippen LogP contribution in [0.15, 0.2) is 30.5 Å². The minimum atomic E-state index is -4.33. The summed E-state index contributed by atoms with van der Waals surface area (Å²) in [6.07, 6.45) is -2.64. The molecule has 0 amide bonds. The molecule has 2 aromatic rings. The highest BCUT2D eigenvalue weighted by Gasteiger charge is 2.30. The summed E-state index contributed by atoms with van der Waals surface area (Å²) < 4.78 is 38.8. The van der Waals surface area contributed by atoms with Crippen LogP contribution in [0.2, 0.25) is 0 Å². The van der Waals surface area contributed by atoms with Crippen molar-refractivity contribution in [2.75, 3.05) is 7.05 Å². The third-order valence-electron chi connectivity index (χ3n) is 2.85. The predicted octanol–water partition coefficient (Wildman–Crippen LogP) is 2.57. The summed E-state index contributed by atoms with van der Waals surface area (Å²) in [5.41, 5.74) is 0.581. The van der Waals surface area contributed by atoms with Crippen molar-refractivity contribution >= 4 is 0 Å². The van der Waals surface area contributed by atoms with Gasteiger partial charge in [-0.1, -0.05) is 5.21 Å². The molecule has 0 aliphatic rings. The summed E-state index contributed by atoms with van der Waals surface area (Å²) in [6, 6.07) is 4.82. The number of nitrogens with zero attached hydrogens (tertiary/aromatic N) is 3. The maximum absolute atomic E-state index is 12.4. The van der Waals surface area contributed by atoms with Gasteiger partial charge in [-0.3, -0.25) is 0 Å². The summed E-state index contributed by atoms with van der Waals surface area (Å²) in [4.78, 5) is 0. The molecule has 4 nitrogen and oxygen atoms in total. The average molecular weight is 270 g/mol. The van der Waals surface area contributed by atoms with E-state index in [0.29, 0.717) is 5.69 Å². The van der Waals surface area contributed by atoms with Crippen LogP contribution in [0.4, 0.5) is 13.2 Å². The molecular formula is C12H13F3N4. The number of benzene rings is 1. The summed E-state index contributed by atoms with van der Waals surface area (Å²) >= 11 is 0. The largest absolute Gasteiger partial charge is 0.416 e. The number of hydrogen-bond donors (Lipinski definition) is 1. The number of rotatable bonds is 3. The van der Waals surface area contributed by atoms with Crippen molar-refractivity contribution in [1.29, 1.82) is 0 Å². The fourth-order valence-electron chi connectivity index (χ4n) is 1.55. The van der Waals surface area contributed by atoms with E-state index in [1.165, 1.54) is 16.8 Å². The number of alkyl halides is 3. The molecule has 0 saturated carbocycles. The first-order valence-corrected chi connectivity index (χ1v) is 5.69. The smallest absolute Gasteiger partial charge is 0.312 e. The third-order valence-corrected chi connectivity index (χ3v) is 2.85. The van der Waals surface area contributed by atoms with Crippen LogP contribution in [-0.4, -0.2) is 22.0 Å². The second-order valence-corrected chi connectivity index (χ2v) is 4.14. The van der Waals surface area contributed by atoms with E-state index in [-0.39, 0.29) is 6.04 Å². The van der Waals surface area contributed by atoms with E-state index in [0.717, 1.165) is 17.8 Å². The molecule has 0 aliphatic carbocycles. The zero-order valence-electron chi connectivity index (χ0n) is 10.4. The lowest BCUT2D eigenvalue weighted by atomic mass is 10.2. The molecule has 0 spiro atoms. The Balaban J connectivity index is 2.25. The summed E-state index contributed by atoms with van der Waals surface area (Å²) in [6.45, 7) is 1.92. The number of hydrogen-bond acceptors (Lipinski definition) is 3. The summed E-state index contributed by atoms with van der Waals surface area (Å²) in [5, 5.41) is 10.9. The molecule has 19 heavy (non-hydrogen) atoms. The van der Waals surface area contributed by atoms with Gasteiger partial charge in [-0.15, -0.1) is 5.10 Å². The van der Waals surface area contributed by atoms with E-state index in [1.54, 1.807) is 13.2 Å².